The van der Waals surface area contributed by atoms with Gasteiger partial charge in [0.05, 0.1) is 12.2 Å². The molecule has 0 spiro atoms. The van der Waals surface area contributed by atoms with E-state index in [2.05, 4.69) is 10.6 Å². The molecule has 0 bridgehead atoms. The molecule has 2 aromatic carbocycles. The van der Waals surface area contributed by atoms with Crippen LogP contribution < -0.4 is 15.5 Å². The predicted molar refractivity (Wildman–Crippen MR) is 106 cm³/mol. The van der Waals surface area contributed by atoms with Crippen molar-refractivity contribution in [2.45, 2.75) is 26.8 Å². The average molecular weight is 381 g/mol. The van der Waals surface area contributed by atoms with E-state index in [9.17, 15) is 14.4 Å². The average Bonchev–Trinajstić information content (AvgIpc) is 3.10. The van der Waals surface area contributed by atoms with E-state index in [1.165, 1.54) is 0 Å². The normalized spacial score (nSPS) is 12.3. The third-order valence-electron chi connectivity index (χ3n) is 4.53. The predicted octanol–water partition coefficient (Wildman–Crippen LogP) is 3.09. The number of fused-ring (bicyclic) bond motifs is 1. The molecule has 2 aromatic rings. The molecule has 0 fully saturated rings. The molecule has 0 aromatic heterocycles. The molecule has 1 heterocycles. The summed E-state index contributed by atoms with van der Waals surface area (Å²) in [5, 5.41) is 5.54. The lowest BCUT2D eigenvalue weighted by atomic mass is 10.1. The number of amides is 3. The van der Waals surface area contributed by atoms with Gasteiger partial charge in [0.25, 0.3) is 0 Å². The Balaban J connectivity index is 1.53. The highest BCUT2D eigenvalue weighted by Gasteiger charge is 2.22. The van der Waals surface area contributed by atoms with Gasteiger partial charge in [0.2, 0.25) is 5.91 Å². The van der Waals surface area contributed by atoms with Crippen LogP contribution in [0.1, 0.15) is 35.3 Å². The van der Waals surface area contributed by atoms with Gasteiger partial charge in [-0.3, -0.25) is 4.79 Å². The molecule has 0 atom stereocenters. The van der Waals surface area contributed by atoms with Gasteiger partial charge in [-0.15, -0.1) is 0 Å². The first kappa shape index (κ1) is 19.4. The summed E-state index contributed by atoms with van der Waals surface area (Å²) >= 11 is 0. The van der Waals surface area contributed by atoms with Crippen LogP contribution in [0.25, 0.3) is 0 Å². The monoisotopic (exact) mass is 381 g/mol. The molecule has 1 aliphatic heterocycles. The number of esters is 1. The fraction of sp³-hybridized carbons (Fsp3) is 0.286. The number of anilines is 2. The van der Waals surface area contributed by atoms with Gasteiger partial charge in [-0.2, -0.15) is 0 Å². The molecular formula is C21H23N3O4. The highest BCUT2D eigenvalue weighted by Crippen LogP contribution is 2.28. The molecule has 146 valence electrons. The first-order valence-corrected chi connectivity index (χ1v) is 9.20. The van der Waals surface area contributed by atoms with Gasteiger partial charge in [0, 0.05) is 31.4 Å². The topological polar surface area (TPSA) is 87.7 Å². The molecule has 28 heavy (non-hydrogen) atoms. The fourth-order valence-electron chi connectivity index (χ4n) is 3.15. The van der Waals surface area contributed by atoms with Crippen molar-refractivity contribution < 1.29 is 19.1 Å². The molecule has 7 nitrogen and oxygen atoms in total. The Morgan fingerprint density at radius 2 is 1.86 bits per heavy atom. The molecular weight excluding hydrogens is 358 g/mol. The van der Waals surface area contributed by atoms with E-state index in [4.69, 9.17) is 4.74 Å². The maximum Gasteiger partial charge on any atom is 0.338 e. The van der Waals surface area contributed by atoms with Crippen LogP contribution in [0.15, 0.2) is 42.5 Å². The molecule has 3 rings (SSSR count). The summed E-state index contributed by atoms with van der Waals surface area (Å²) in [4.78, 5) is 37.1. The number of hydrogen-bond donors (Lipinski definition) is 2. The Labute approximate surface area is 163 Å². The minimum Gasteiger partial charge on any atom is -0.462 e. The summed E-state index contributed by atoms with van der Waals surface area (Å²) in [6.45, 7) is 4.70. The molecule has 0 saturated heterocycles. The number of hydrogen-bond acceptors (Lipinski definition) is 4. The highest BCUT2D eigenvalue weighted by atomic mass is 16.5. The standard InChI is InChI=1S/C21H23N3O4/c1-3-28-20(26)16-5-7-18(8-6-16)23-21(27)22-13-15-4-9-19-17(12-15)10-11-24(19)14(2)25/h4-9,12H,3,10-11,13H2,1-2H3,(H2,22,23,27). The minimum atomic E-state index is -0.390. The zero-order valence-corrected chi connectivity index (χ0v) is 16.0. The van der Waals surface area contributed by atoms with E-state index in [1.54, 1.807) is 43.0 Å². The summed E-state index contributed by atoms with van der Waals surface area (Å²) in [6, 6.07) is 12.0. The smallest absolute Gasteiger partial charge is 0.338 e. The van der Waals surface area contributed by atoms with E-state index < -0.39 is 5.97 Å². The van der Waals surface area contributed by atoms with Crippen LogP contribution in [0.3, 0.4) is 0 Å². The zero-order chi connectivity index (χ0) is 20.1. The first-order chi connectivity index (χ1) is 13.5. The number of nitrogens with zero attached hydrogens (tertiary/aromatic N) is 1. The van der Waals surface area contributed by atoms with E-state index in [0.717, 1.165) is 23.2 Å². The number of benzene rings is 2. The molecule has 7 heteroatoms. The lowest BCUT2D eigenvalue weighted by Gasteiger charge is -2.15. The first-order valence-electron chi connectivity index (χ1n) is 9.20. The molecule has 0 aliphatic carbocycles. The van der Waals surface area contributed by atoms with Crippen LogP contribution >= 0.6 is 0 Å². The van der Waals surface area contributed by atoms with Gasteiger partial charge in [0.15, 0.2) is 0 Å². The number of urea groups is 1. The largest absolute Gasteiger partial charge is 0.462 e. The van der Waals surface area contributed by atoms with Crippen molar-refractivity contribution in [1.82, 2.24) is 5.32 Å². The lowest BCUT2D eigenvalue weighted by molar-refractivity contribution is -0.116. The van der Waals surface area contributed by atoms with Crippen LogP contribution in [0.4, 0.5) is 16.2 Å². The Hall–Kier alpha value is -3.35. The molecule has 2 N–H and O–H groups in total. The second kappa shape index (κ2) is 8.56. The van der Waals surface area contributed by atoms with Crippen molar-refractivity contribution in [3.05, 3.63) is 59.2 Å². The second-order valence-corrected chi connectivity index (χ2v) is 6.49. The maximum absolute atomic E-state index is 12.1. The van der Waals surface area contributed by atoms with Crippen molar-refractivity contribution in [3.63, 3.8) is 0 Å². The van der Waals surface area contributed by atoms with Crippen molar-refractivity contribution in [3.8, 4) is 0 Å². The zero-order valence-electron chi connectivity index (χ0n) is 16.0. The third kappa shape index (κ3) is 4.49. The van der Waals surface area contributed by atoms with Crippen LogP contribution in [-0.4, -0.2) is 31.1 Å². The number of rotatable bonds is 5. The number of ether oxygens (including phenoxy) is 1. The Bertz CT molecular complexity index is 893. The van der Waals surface area contributed by atoms with Crippen LogP contribution in [0.2, 0.25) is 0 Å². The van der Waals surface area contributed by atoms with E-state index in [1.807, 2.05) is 18.2 Å². The highest BCUT2D eigenvalue weighted by molar-refractivity contribution is 5.94. The van der Waals surface area contributed by atoms with Gasteiger partial charge in [-0.05, 0) is 54.8 Å². The quantitative estimate of drug-likeness (QED) is 0.779. The molecule has 1 aliphatic rings. The summed E-state index contributed by atoms with van der Waals surface area (Å²) in [5.41, 5.74) is 4.05. The summed E-state index contributed by atoms with van der Waals surface area (Å²) < 4.78 is 4.93. The van der Waals surface area contributed by atoms with Crippen molar-refractivity contribution >= 4 is 29.3 Å². The lowest BCUT2D eigenvalue weighted by Crippen LogP contribution is -2.28. The molecule has 0 saturated carbocycles. The van der Waals surface area contributed by atoms with Crippen molar-refractivity contribution in [2.75, 3.05) is 23.4 Å². The van der Waals surface area contributed by atoms with Crippen LogP contribution in [0, 0.1) is 0 Å². The van der Waals surface area contributed by atoms with E-state index >= 15 is 0 Å². The molecule has 0 radical (unpaired) electrons. The number of nitrogens with one attached hydrogen (secondary N) is 2. The SMILES string of the molecule is CCOC(=O)c1ccc(NC(=O)NCc2ccc3c(c2)CCN3C(C)=O)cc1. The van der Waals surface area contributed by atoms with Gasteiger partial charge >= 0.3 is 12.0 Å². The third-order valence-corrected chi connectivity index (χ3v) is 4.53. The summed E-state index contributed by atoms with van der Waals surface area (Å²) in [6.07, 6.45) is 0.821. The van der Waals surface area contributed by atoms with Gasteiger partial charge < -0.3 is 20.3 Å². The number of carbonyl (C=O) groups is 3. The molecule has 3 amide bonds. The minimum absolute atomic E-state index is 0.0398. The Morgan fingerprint density at radius 3 is 2.54 bits per heavy atom. The van der Waals surface area contributed by atoms with Crippen LogP contribution in [-0.2, 0) is 22.5 Å². The van der Waals surface area contributed by atoms with E-state index in [0.29, 0.717) is 30.9 Å². The van der Waals surface area contributed by atoms with Gasteiger partial charge in [0.1, 0.15) is 0 Å². The van der Waals surface area contributed by atoms with Crippen molar-refractivity contribution in [2.24, 2.45) is 0 Å². The van der Waals surface area contributed by atoms with Gasteiger partial charge in [-0.1, -0.05) is 12.1 Å². The van der Waals surface area contributed by atoms with Crippen molar-refractivity contribution in [1.29, 1.82) is 0 Å². The maximum atomic E-state index is 12.1. The summed E-state index contributed by atoms with van der Waals surface area (Å²) in [5.74, 6) is -0.351. The number of carbonyl (C=O) groups excluding carboxylic acids is 3. The summed E-state index contributed by atoms with van der Waals surface area (Å²) in [7, 11) is 0. The Kier molecular flexibility index (Phi) is 5.93. The van der Waals surface area contributed by atoms with Gasteiger partial charge in [-0.25, -0.2) is 9.59 Å². The van der Waals surface area contributed by atoms with Crippen LogP contribution in [0.5, 0.6) is 0 Å². The fourth-order valence-corrected chi connectivity index (χ4v) is 3.15. The second-order valence-electron chi connectivity index (χ2n) is 6.49. The van der Waals surface area contributed by atoms with E-state index in [-0.39, 0.29) is 11.9 Å². The molecule has 0 unspecified atom stereocenters. The Morgan fingerprint density at radius 1 is 1.11 bits per heavy atom.